The first-order chi connectivity index (χ1) is 10.0. The molecule has 0 aliphatic rings. The molecule has 2 heterocycles. The summed E-state index contributed by atoms with van der Waals surface area (Å²) in [6.07, 6.45) is 2.48. The van der Waals surface area contributed by atoms with E-state index >= 15 is 0 Å². The molecule has 2 aromatic heterocycles. The van der Waals surface area contributed by atoms with Gasteiger partial charge in [-0.05, 0) is 18.2 Å². The van der Waals surface area contributed by atoms with E-state index < -0.39 is 11.2 Å². The van der Waals surface area contributed by atoms with Gasteiger partial charge in [-0.15, -0.1) is 5.10 Å². The van der Waals surface area contributed by atoms with Crippen LogP contribution in [0.2, 0.25) is 10.2 Å². The Bertz CT molecular complexity index is 873. The maximum atomic E-state index is 11.6. The molecule has 0 saturated carbocycles. The largest absolute Gasteiger partial charge is 0.502 e. The van der Waals surface area contributed by atoms with Crippen LogP contribution in [0.1, 0.15) is 0 Å². The van der Waals surface area contributed by atoms with Crippen LogP contribution in [-0.4, -0.2) is 20.1 Å². The molecule has 1 N–H and O–H groups in total. The molecule has 8 heteroatoms. The summed E-state index contributed by atoms with van der Waals surface area (Å²) in [5.74, 6) is -0.229. The number of hydrogen-bond donors (Lipinski definition) is 1. The monoisotopic (exact) mass is 323 g/mol. The van der Waals surface area contributed by atoms with Crippen LogP contribution in [0.25, 0.3) is 17.0 Å². The minimum atomic E-state index is -0.557. The summed E-state index contributed by atoms with van der Waals surface area (Å²) < 4.78 is 6.68. The summed E-state index contributed by atoms with van der Waals surface area (Å²) in [7, 11) is 0. The smallest absolute Gasteiger partial charge is 0.227 e. The van der Waals surface area contributed by atoms with Gasteiger partial charge in [0.1, 0.15) is 12.0 Å². The number of aromatic hydroxyl groups is 1. The molecule has 0 aliphatic carbocycles. The van der Waals surface area contributed by atoms with Crippen molar-refractivity contribution in [3.05, 3.63) is 57.1 Å². The number of aromatic nitrogens is 3. The molecule has 106 valence electrons. The Morgan fingerprint density at radius 2 is 2.05 bits per heavy atom. The second-order valence-electron chi connectivity index (χ2n) is 4.14. The molecule has 1 aromatic carbocycles. The van der Waals surface area contributed by atoms with Crippen LogP contribution in [0.5, 0.6) is 5.75 Å². The van der Waals surface area contributed by atoms with Crippen molar-refractivity contribution in [2.24, 2.45) is 0 Å². The molecule has 6 nitrogen and oxygen atoms in total. The van der Waals surface area contributed by atoms with Crippen LogP contribution in [0.15, 0.2) is 45.9 Å². The highest BCUT2D eigenvalue weighted by Gasteiger charge is 2.13. The zero-order valence-corrected chi connectivity index (χ0v) is 11.8. The molecule has 0 atom stereocenters. The maximum Gasteiger partial charge on any atom is 0.227 e. The summed E-state index contributed by atoms with van der Waals surface area (Å²) >= 11 is 11.7. The summed E-state index contributed by atoms with van der Waals surface area (Å²) in [5.41, 5.74) is 0.535. The van der Waals surface area contributed by atoms with E-state index in [0.29, 0.717) is 16.3 Å². The fourth-order valence-electron chi connectivity index (χ4n) is 1.81. The van der Waals surface area contributed by atoms with Gasteiger partial charge in [-0.1, -0.05) is 28.4 Å². The minimum absolute atomic E-state index is 0.225. The van der Waals surface area contributed by atoms with Gasteiger partial charge in [-0.2, -0.15) is 0 Å². The lowest BCUT2D eigenvalue weighted by molar-refractivity contribution is 0.433. The lowest BCUT2D eigenvalue weighted by Gasteiger charge is -2.08. The van der Waals surface area contributed by atoms with Crippen molar-refractivity contribution in [1.29, 1.82) is 0 Å². The Morgan fingerprint density at radius 3 is 2.71 bits per heavy atom. The van der Waals surface area contributed by atoms with Crippen LogP contribution in [0.3, 0.4) is 0 Å². The quantitative estimate of drug-likeness (QED) is 0.784. The average molecular weight is 324 g/mol. The van der Waals surface area contributed by atoms with Gasteiger partial charge in [0.25, 0.3) is 0 Å². The van der Waals surface area contributed by atoms with E-state index in [4.69, 9.17) is 27.6 Å². The first-order valence-electron chi connectivity index (χ1n) is 5.74. The minimum Gasteiger partial charge on any atom is -0.502 e. The van der Waals surface area contributed by atoms with Crippen LogP contribution < -0.4 is 5.43 Å². The van der Waals surface area contributed by atoms with Crippen LogP contribution >= 0.6 is 23.2 Å². The topological polar surface area (TPSA) is 81.2 Å². The maximum absolute atomic E-state index is 11.6. The Balaban J connectivity index is 2.23. The molecule has 0 fully saturated rings. The molecule has 21 heavy (non-hydrogen) atoms. The normalized spacial score (nSPS) is 10.8. The standard InChI is InChI=1S/C13H7Cl2N3O3/c14-7-1-2-9(18-5-13(15)16-17-18)8(3-7)12-4-10(19)11(20)6-21-12/h1-6,20H. The van der Waals surface area contributed by atoms with Crippen LogP contribution in [0, 0.1) is 0 Å². The molecule has 0 unspecified atom stereocenters. The number of halogens is 2. The number of nitrogens with zero attached hydrogens (tertiary/aromatic N) is 3. The van der Waals surface area contributed by atoms with E-state index in [1.165, 1.54) is 16.9 Å². The van der Waals surface area contributed by atoms with E-state index in [1.54, 1.807) is 18.2 Å². The molecule has 3 aromatic rings. The van der Waals surface area contributed by atoms with Crippen molar-refractivity contribution in [2.75, 3.05) is 0 Å². The van der Waals surface area contributed by atoms with E-state index in [-0.39, 0.29) is 10.9 Å². The average Bonchev–Trinajstić information content (AvgIpc) is 2.88. The van der Waals surface area contributed by atoms with Gasteiger partial charge >= 0.3 is 0 Å². The van der Waals surface area contributed by atoms with Crippen LogP contribution in [0.4, 0.5) is 0 Å². The fraction of sp³-hybridized carbons (Fsp3) is 0. The van der Waals surface area contributed by atoms with Crippen molar-refractivity contribution in [2.45, 2.75) is 0 Å². The van der Waals surface area contributed by atoms with Gasteiger partial charge in [0.15, 0.2) is 10.9 Å². The second-order valence-corrected chi connectivity index (χ2v) is 4.96. The predicted octanol–water partition coefficient (Wildman–Crippen LogP) is 2.90. The van der Waals surface area contributed by atoms with Gasteiger partial charge in [-0.25, -0.2) is 4.68 Å². The molecule has 0 spiro atoms. The van der Waals surface area contributed by atoms with Crippen molar-refractivity contribution < 1.29 is 9.52 Å². The lowest BCUT2D eigenvalue weighted by Crippen LogP contribution is -2.01. The van der Waals surface area contributed by atoms with Gasteiger partial charge < -0.3 is 9.52 Å². The number of hydrogen-bond acceptors (Lipinski definition) is 5. The summed E-state index contributed by atoms with van der Waals surface area (Å²) in [6.45, 7) is 0. The van der Waals surface area contributed by atoms with E-state index in [1.807, 2.05) is 0 Å². The van der Waals surface area contributed by atoms with Crippen molar-refractivity contribution in [3.8, 4) is 22.8 Å². The van der Waals surface area contributed by atoms with Gasteiger partial charge in [0.2, 0.25) is 5.43 Å². The lowest BCUT2D eigenvalue weighted by atomic mass is 10.1. The highest BCUT2D eigenvalue weighted by Crippen LogP contribution is 2.29. The summed E-state index contributed by atoms with van der Waals surface area (Å²) in [4.78, 5) is 11.6. The Morgan fingerprint density at radius 1 is 1.24 bits per heavy atom. The second kappa shape index (κ2) is 5.23. The molecular formula is C13H7Cl2N3O3. The van der Waals surface area contributed by atoms with Crippen LogP contribution in [-0.2, 0) is 0 Å². The first-order valence-corrected chi connectivity index (χ1v) is 6.50. The van der Waals surface area contributed by atoms with E-state index in [2.05, 4.69) is 10.3 Å². The zero-order chi connectivity index (χ0) is 15.0. The van der Waals surface area contributed by atoms with Gasteiger partial charge in [0.05, 0.1) is 11.9 Å². The fourth-order valence-corrected chi connectivity index (χ4v) is 2.11. The summed E-state index contributed by atoms with van der Waals surface area (Å²) in [6, 6.07) is 6.13. The van der Waals surface area contributed by atoms with E-state index in [9.17, 15) is 9.90 Å². The Hall–Kier alpha value is -2.31. The Kier molecular flexibility index (Phi) is 3.40. The Labute approximate surface area is 128 Å². The third-order valence-electron chi connectivity index (χ3n) is 2.75. The molecule has 3 rings (SSSR count). The van der Waals surface area contributed by atoms with Gasteiger partial charge in [0, 0.05) is 16.7 Å². The molecule has 0 saturated heterocycles. The third kappa shape index (κ3) is 2.63. The third-order valence-corrected chi connectivity index (χ3v) is 3.16. The number of rotatable bonds is 2. The first kappa shape index (κ1) is 13.7. The number of benzene rings is 1. The molecule has 0 radical (unpaired) electrons. The highest BCUT2D eigenvalue weighted by atomic mass is 35.5. The zero-order valence-electron chi connectivity index (χ0n) is 10.3. The molecule has 0 amide bonds. The summed E-state index contributed by atoms with van der Waals surface area (Å²) in [5, 5.41) is 17.5. The van der Waals surface area contributed by atoms with Crippen molar-refractivity contribution in [1.82, 2.24) is 15.0 Å². The SMILES string of the molecule is O=c1cc(-c2cc(Cl)ccc2-n2cc(Cl)nn2)occ1O. The van der Waals surface area contributed by atoms with Crippen molar-refractivity contribution >= 4 is 23.2 Å². The highest BCUT2D eigenvalue weighted by molar-refractivity contribution is 6.31. The molecular weight excluding hydrogens is 317 g/mol. The molecule has 0 aliphatic heterocycles. The van der Waals surface area contributed by atoms with Gasteiger partial charge in [-0.3, -0.25) is 4.79 Å². The van der Waals surface area contributed by atoms with E-state index in [0.717, 1.165) is 6.26 Å². The predicted molar refractivity (Wildman–Crippen MR) is 77.0 cm³/mol. The molecule has 0 bridgehead atoms. The van der Waals surface area contributed by atoms with Crippen molar-refractivity contribution in [3.63, 3.8) is 0 Å².